The number of halogens is 2. The second-order valence-electron chi connectivity index (χ2n) is 7.91. The Bertz CT molecular complexity index is 1050. The Balaban J connectivity index is 1.56. The molecule has 0 saturated carbocycles. The summed E-state index contributed by atoms with van der Waals surface area (Å²) in [7, 11) is 0. The molecule has 2 heterocycles. The molecule has 2 amide bonds. The van der Waals surface area contributed by atoms with Crippen molar-refractivity contribution in [2.75, 3.05) is 44.2 Å². The van der Waals surface area contributed by atoms with Crippen molar-refractivity contribution in [3.8, 4) is 0 Å². The minimum Gasteiger partial charge on any atom is -0.463 e. The zero-order valence-corrected chi connectivity index (χ0v) is 19.8. The molecule has 1 saturated heterocycles. The number of para-hydroxylation sites is 1. The van der Waals surface area contributed by atoms with Crippen LogP contribution >= 0.6 is 23.2 Å². The van der Waals surface area contributed by atoms with Gasteiger partial charge in [-0.05, 0) is 36.8 Å². The van der Waals surface area contributed by atoms with E-state index in [1.54, 1.807) is 31.2 Å². The number of rotatable bonds is 6. The standard InChI is InChI=1S/C24H26Cl2N4O3/c1-2-33-23(31)21-19(27-24(32)28-22(21)16-7-9-17(25)10-8-16)15-29-11-13-30(14-12-29)20-6-4-3-5-18(20)26/h3-10,22H,2,11-15H2,1H3,(H2,27,28,32). The minimum absolute atomic E-state index is 0.243. The first-order valence-electron chi connectivity index (χ1n) is 10.9. The third-order valence-electron chi connectivity index (χ3n) is 5.80. The quantitative estimate of drug-likeness (QED) is 0.601. The van der Waals surface area contributed by atoms with Crippen LogP contribution in [0.2, 0.25) is 10.0 Å². The second-order valence-corrected chi connectivity index (χ2v) is 8.75. The second kappa shape index (κ2) is 10.5. The zero-order chi connectivity index (χ0) is 23.4. The molecule has 4 rings (SSSR count). The van der Waals surface area contributed by atoms with Gasteiger partial charge in [0, 0.05) is 43.4 Å². The van der Waals surface area contributed by atoms with E-state index in [0.29, 0.717) is 22.8 Å². The molecule has 0 bridgehead atoms. The van der Waals surface area contributed by atoms with Crippen molar-refractivity contribution >= 4 is 40.9 Å². The summed E-state index contributed by atoms with van der Waals surface area (Å²) in [6.45, 7) is 5.55. The Morgan fingerprint density at radius 3 is 2.42 bits per heavy atom. The highest BCUT2D eigenvalue weighted by molar-refractivity contribution is 6.33. The molecular weight excluding hydrogens is 463 g/mol. The lowest BCUT2D eigenvalue weighted by Crippen LogP contribution is -2.51. The molecule has 174 valence electrons. The molecule has 7 nitrogen and oxygen atoms in total. The Morgan fingerprint density at radius 1 is 1.06 bits per heavy atom. The molecule has 9 heteroatoms. The number of piperazine rings is 1. The minimum atomic E-state index is -0.616. The summed E-state index contributed by atoms with van der Waals surface area (Å²) in [6, 6.07) is 13.9. The molecule has 0 spiro atoms. The number of nitrogens with zero attached hydrogens (tertiary/aromatic N) is 2. The highest BCUT2D eigenvalue weighted by atomic mass is 35.5. The molecule has 0 aliphatic carbocycles. The largest absolute Gasteiger partial charge is 0.463 e. The molecule has 2 aromatic rings. The molecule has 2 aliphatic heterocycles. The molecule has 0 radical (unpaired) electrons. The predicted molar refractivity (Wildman–Crippen MR) is 130 cm³/mol. The zero-order valence-electron chi connectivity index (χ0n) is 18.3. The molecule has 1 unspecified atom stereocenters. The SMILES string of the molecule is CCOC(=O)C1=C(CN2CCN(c3ccccc3Cl)CC2)NC(=O)NC1c1ccc(Cl)cc1. The first-order chi connectivity index (χ1) is 16.0. The molecule has 2 aromatic carbocycles. The van der Waals surface area contributed by atoms with E-state index in [9.17, 15) is 9.59 Å². The van der Waals surface area contributed by atoms with Gasteiger partial charge in [0.1, 0.15) is 0 Å². The van der Waals surface area contributed by atoms with E-state index >= 15 is 0 Å². The monoisotopic (exact) mass is 488 g/mol. The summed E-state index contributed by atoms with van der Waals surface area (Å²) < 4.78 is 5.34. The van der Waals surface area contributed by atoms with Crippen molar-refractivity contribution in [3.63, 3.8) is 0 Å². The van der Waals surface area contributed by atoms with E-state index in [-0.39, 0.29) is 12.6 Å². The van der Waals surface area contributed by atoms with Crippen molar-refractivity contribution in [1.29, 1.82) is 0 Å². The number of amides is 2. The Morgan fingerprint density at radius 2 is 1.76 bits per heavy atom. The number of benzene rings is 2. The van der Waals surface area contributed by atoms with E-state index < -0.39 is 12.0 Å². The van der Waals surface area contributed by atoms with Gasteiger partial charge in [-0.3, -0.25) is 4.90 Å². The van der Waals surface area contributed by atoms with Crippen molar-refractivity contribution in [2.24, 2.45) is 0 Å². The summed E-state index contributed by atoms with van der Waals surface area (Å²) in [4.78, 5) is 29.9. The van der Waals surface area contributed by atoms with Crippen molar-refractivity contribution in [2.45, 2.75) is 13.0 Å². The normalized spacial score (nSPS) is 19.2. The number of urea groups is 1. The number of hydrogen-bond donors (Lipinski definition) is 2. The fourth-order valence-electron chi connectivity index (χ4n) is 4.18. The van der Waals surface area contributed by atoms with Crippen molar-refractivity contribution in [3.05, 3.63) is 75.4 Å². The van der Waals surface area contributed by atoms with Gasteiger partial charge < -0.3 is 20.3 Å². The summed E-state index contributed by atoms with van der Waals surface area (Å²) >= 11 is 12.4. The van der Waals surface area contributed by atoms with Gasteiger partial charge in [-0.25, -0.2) is 9.59 Å². The van der Waals surface area contributed by atoms with Crippen LogP contribution in [-0.4, -0.2) is 56.2 Å². The average Bonchev–Trinajstić information content (AvgIpc) is 2.80. The van der Waals surface area contributed by atoms with Crippen LogP contribution < -0.4 is 15.5 Å². The van der Waals surface area contributed by atoms with E-state index in [0.717, 1.165) is 42.5 Å². The molecule has 2 N–H and O–H groups in total. The van der Waals surface area contributed by atoms with Crippen molar-refractivity contribution in [1.82, 2.24) is 15.5 Å². The number of esters is 1. The number of anilines is 1. The van der Waals surface area contributed by atoms with Gasteiger partial charge in [-0.2, -0.15) is 0 Å². The summed E-state index contributed by atoms with van der Waals surface area (Å²) in [5.41, 5.74) is 2.75. The first-order valence-corrected chi connectivity index (χ1v) is 11.7. The van der Waals surface area contributed by atoms with Crippen molar-refractivity contribution < 1.29 is 14.3 Å². The van der Waals surface area contributed by atoms with Gasteiger partial charge in [0.25, 0.3) is 0 Å². The molecule has 1 atom stereocenters. The smallest absolute Gasteiger partial charge is 0.338 e. The molecule has 33 heavy (non-hydrogen) atoms. The number of hydrogen-bond acceptors (Lipinski definition) is 5. The van der Waals surface area contributed by atoms with Gasteiger partial charge in [0.2, 0.25) is 0 Å². The summed E-state index contributed by atoms with van der Waals surface area (Å²) in [5, 5.41) is 7.00. The lowest BCUT2D eigenvalue weighted by atomic mass is 9.95. The van der Waals surface area contributed by atoms with Crippen LogP contribution in [0.4, 0.5) is 10.5 Å². The van der Waals surface area contributed by atoms with Crippen LogP contribution in [0.15, 0.2) is 59.8 Å². The van der Waals surface area contributed by atoms with Crippen LogP contribution in [0.1, 0.15) is 18.5 Å². The third-order valence-corrected chi connectivity index (χ3v) is 6.37. The van der Waals surface area contributed by atoms with Gasteiger partial charge in [0.05, 0.1) is 28.9 Å². The topological polar surface area (TPSA) is 73.9 Å². The fourth-order valence-corrected chi connectivity index (χ4v) is 4.56. The van der Waals surface area contributed by atoms with Crippen LogP contribution in [-0.2, 0) is 9.53 Å². The lowest BCUT2D eigenvalue weighted by molar-refractivity contribution is -0.139. The van der Waals surface area contributed by atoms with Gasteiger partial charge in [-0.15, -0.1) is 0 Å². The Labute approximate surface area is 203 Å². The maximum Gasteiger partial charge on any atom is 0.338 e. The molecule has 1 fully saturated rings. The maximum atomic E-state index is 12.9. The molecule has 0 aromatic heterocycles. The Kier molecular flexibility index (Phi) is 7.42. The molecular formula is C24H26Cl2N4O3. The van der Waals surface area contributed by atoms with Crippen LogP contribution in [0.25, 0.3) is 0 Å². The van der Waals surface area contributed by atoms with E-state index in [1.165, 1.54) is 0 Å². The van der Waals surface area contributed by atoms with Gasteiger partial charge >= 0.3 is 12.0 Å². The molecule has 2 aliphatic rings. The van der Waals surface area contributed by atoms with E-state index in [4.69, 9.17) is 27.9 Å². The van der Waals surface area contributed by atoms with Crippen LogP contribution in [0.3, 0.4) is 0 Å². The fraction of sp³-hybridized carbons (Fsp3) is 0.333. The lowest BCUT2D eigenvalue weighted by Gasteiger charge is -2.38. The maximum absolute atomic E-state index is 12.9. The number of carbonyl (C=O) groups excluding carboxylic acids is 2. The van der Waals surface area contributed by atoms with E-state index in [2.05, 4.69) is 20.4 Å². The summed E-state index contributed by atoms with van der Waals surface area (Å²) in [5.74, 6) is -0.449. The number of nitrogens with one attached hydrogen (secondary N) is 2. The first kappa shape index (κ1) is 23.4. The Hall–Kier alpha value is -2.74. The van der Waals surface area contributed by atoms with Crippen LogP contribution in [0, 0.1) is 0 Å². The van der Waals surface area contributed by atoms with Gasteiger partial charge in [0.15, 0.2) is 0 Å². The van der Waals surface area contributed by atoms with E-state index in [1.807, 2.05) is 24.3 Å². The highest BCUT2D eigenvalue weighted by Crippen LogP contribution is 2.30. The summed E-state index contributed by atoms with van der Waals surface area (Å²) in [6.07, 6.45) is 0. The highest BCUT2D eigenvalue weighted by Gasteiger charge is 2.34. The van der Waals surface area contributed by atoms with Gasteiger partial charge in [-0.1, -0.05) is 47.5 Å². The van der Waals surface area contributed by atoms with Crippen LogP contribution in [0.5, 0.6) is 0 Å². The number of ether oxygens (including phenoxy) is 1. The number of carbonyl (C=O) groups is 2. The third kappa shape index (κ3) is 5.43. The predicted octanol–water partition coefficient (Wildman–Crippen LogP) is 3.99. The average molecular weight is 489 g/mol.